The third-order valence-electron chi connectivity index (χ3n) is 5.83. The molecule has 0 spiro atoms. The van der Waals surface area contributed by atoms with E-state index in [0.717, 1.165) is 18.2 Å². The largest absolute Gasteiger partial charge is 0.493 e. The lowest BCUT2D eigenvalue weighted by Crippen LogP contribution is -2.08. The van der Waals surface area contributed by atoms with Crippen LogP contribution in [0.25, 0.3) is 21.9 Å². The van der Waals surface area contributed by atoms with Crippen LogP contribution in [0, 0.1) is 23.3 Å². The molecule has 36 heavy (non-hydrogen) atoms. The number of benzene rings is 4. The lowest BCUT2D eigenvalue weighted by molar-refractivity contribution is -0.140. The monoisotopic (exact) mass is 506 g/mol. The van der Waals surface area contributed by atoms with Crippen LogP contribution in [0.3, 0.4) is 0 Å². The van der Waals surface area contributed by atoms with Gasteiger partial charge in [0.05, 0.1) is 17.7 Å². The maximum absolute atomic E-state index is 15.1. The topological polar surface area (TPSA) is 9.23 Å². The van der Waals surface area contributed by atoms with E-state index in [2.05, 4.69) is 0 Å². The van der Waals surface area contributed by atoms with Crippen LogP contribution in [-0.4, -0.2) is 6.61 Å². The van der Waals surface area contributed by atoms with Crippen molar-refractivity contribution in [3.8, 4) is 16.9 Å². The molecule has 188 valence electrons. The van der Waals surface area contributed by atoms with Gasteiger partial charge in [-0.1, -0.05) is 37.3 Å². The zero-order chi connectivity index (χ0) is 26.0. The Hall–Kier alpha value is -3.55. The third kappa shape index (κ3) is 5.32. The minimum absolute atomic E-state index is 0.0833. The van der Waals surface area contributed by atoms with Gasteiger partial charge in [-0.05, 0) is 59.5 Å². The minimum atomic E-state index is -4.79. The van der Waals surface area contributed by atoms with Crippen LogP contribution in [0.5, 0.6) is 5.75 Å². The van der Waals surface area contributed by atoms with Crippen LogP contribution in [0.2, 0.25) is 0 Å². The van der Waals surface area contributed by atoms with Crippen molar-refractivity contribution in [1.29, 1.82) is 0 Å². The average molecular weight is 506 g/mol. The van der Waals surface area contributed by atoms with E-state index in [9.17, 15) is 26.3 Å². The van der Waals surface area contributed by atoms with E-state index in [4.69, 9.17) is 4.74 Å². The van der Waals surface area contributed by atoms with Crippen LogP contribution in [0.15, 0.2) is 60.7 Å². The first kappa shape index (κ1) is 25.5. The molecular formula is C28H21F7O. The summed E-state index contributed by atoms with van der Waals surface area (Å²) >= 11 is 0. The number of aryl methyl sites for hydroxylation is 2. The fourth-order valence-electron chi connectivity index (χ4n) is 4.04. The van der Waals surface area contributed by atoms with E-state index in [1.807, 2.05) is 6.92 Å². The van der Waals surface area contributed by atoms with Gasteiger partial charge in [0.2, 0.25) is 0 Å². The molecule has 0 N–H and O–H groups in total. The number of fused-ring (bicyclic) bond motifs is 1. The summed E-state index contributed by atoms with van der Waals surface area (Å²) in [4.78, 5) is 0. The molecule has 4 aromatic carbocycles. The van der Waals surface area contributed by atoms with Crippen molar-refractivity contribution in [2.24, 2.45) is 0 Å². The second kappa shape index (κ2) is 10.2. The van der Waals surface area contributed by atoms with Gasteiger partial charge >= 0.3 is 6.18 Å². The molecule has 0 heterocycles. The molecule has 0 amide bonds. The van der Waals surface area contributed by atoms with Gasteiger partial charge in [-0.2, -0.15) is 13.2 Å². The fourth-order valence-corrected chi connectivity index (χ4v) is 4.04. The van der Waals surface area contributed by atoms with Crippen molar-refractivity contribution in [2.45, 2.75) is 32.4 Å². The van der Waals surface area contributed by atoms with Crippen LogP contribution in [0.4, 0.5) is 30.7 Å². The number of ether oxygens (including phenoxy) is 1. The Morgan fingerprint density at radius 1 is 0.750 bits per heavy atom. The number of hydrogen-bond acceptors (Lipinski definition) is 1. The van der Waals surface area contributed by atoms with Crippen LogP contribution >= 0.6 is 0 Å². The van der Waals surface area contributed by atoms with Gasteiger partial charge < -0.3 is 4.74 Å². The zero-order valence-corrected chi connectivity index (χ0v) is 19.2. The summed E-state index contributed by atoms with van der Waals surface area (Å²) in [6.45, 7) is 2.19. The summed E-state index contributed by atoms with van der Waals surface area (Å²) in [6.07, 6.45) is -3.86. The fraction of sp³-hybridized carbons (Fsp3) is 0.214. The van der Waals surface area contributed by atoms with Gasteiger partial charge in [0.25, 0.3) is 0 Å². The second-order valence-corrected chi connectivity index (χ2v) is 8.40. The molecule has 1 nitrogen and oxygen atoms in total. The summed E-state index contributed by atoms with van der Waals surface area (Å²) in [5, 5.41) is 0.637. The van der Waals surface area contributed by atoms with E-state index < -0.39 is 35.0 Å². The van der Waals surface area contributed by atoms with E-state index in [1.54, 1.807) is 6.07 Å². The van der Waals surface area contributed by atoms with Crippen molar-refractivity contribution in [1.82, 2.24) is 0 Å². The number of hydrogen-bond donors (Lipinski definition) is 0. The quantitative estimate of drug-likeness (QED) is 0.228. The van der Waals surface area contributed by atoms with Crippen molar-refractivity contribution < 1.29 is 35.5 Å². The molecule has 0 aliphatic carbocycles. The predicted molar refractivity (Wildman–Crippen MR) is 124 cm³/mol. The zero-order valence-electron chi connectivity index (χ0n) is 19.2. The second-order valence-electron chi connectivity index (χ2n) is 8.40. The third-order valence-corrected chi connectivity index (χ3v) is 5.83. The minimum Gasteiger partial charge on any atom is -0.493 e. The molecule has 0 aliphatic heterocycles. The Labute approximate surface area is 203 Å². The predicted octanol–water partition coefficient (Wildman–Crippen LogP) is 8.66. The SMILES string of the molecule is CCCOc1cc(F)c(-c2ccc3c(F)c(CCc4ccc(C(F)(F)F)c(F)c4)ccc3c2)c(F)c1. The van der Waals surface area contributed by atoms with Gasteiger partial charge in [-0.15, -0.1) is 0 Å². The van der Waals surface area contributed by atoms with Crippen molar-refractivity contribution in [3.63, 3.8) is 0 Å². The Bertz CT molecular complexity index is 1390. The summed E-state index contributed by atoms with van der Waals surface area (Å²) in [6, 6.07) is 12.2. The first-order chi connectivity index (χ1) is 17.1. The maximum Gasteiger partial charge on any atom is 0.419 e. The molecular weight excluding hydrogens is 485 g/mol. The number of alkyl halides is 3. The van der Waals surface area contributed by atoms with E-state index in [1.165, 1.54) is 30.3 Å². The Morgan fingerprint density at radius 3 is 2.11 bits per heavy atom. The van der Waals surface area contributed by atoms with E-state index in [-0.39, 0.29) is 40.7 Å². The van der Waals surface area contributed by atoms with Gasteiger partial charge in [0, 0.05) is 17.5 Å². The highest BCUT2D eigenvalue weighted by Crippen LogP contribution is 2.34. The van der Waals surface area contributed by atoms with Crippen LogP contribution < -0.4 is 4.74 Å². The highest BCUT2D eigenvalue weighted by atomic mass is 19.4. The lowest BCUT2D eigenvalue weighted by Gasteiger charge is -2.12. The van der Waals surface area contributed by atoms with Crippen LogP contribution in [-0.2, 0) is 19.0 Å². The van der Waals surface area contributed by atoms with Crippen molar-refractivity contribution >= 4 is 10.8 Å². The highest BCUT2D eigenvalue weighted by Gasteiger charge is 2.33. The lowest BCUT2D eigenvalue weighted by atomic mass is 9.96. The first-order valence-corrected chi connectivity index (χ1v) is 11.3. The van der Waals surface area contributed by atoms with Crippen LogP contribution in [0.1, 0.15) is 30.0 Å². The first-order valence-electron chi connectivity index (χ1n) is 11.3. The summed E-state index contributed by atoms with van der Waals surface area (Å²) in [5.41, 5.74) is -0.797. The summed E-state index contributed by atoms with van der Waals surface area (Å²) < 4.78 is 102. The molecule has 8 heteroatoms. The van der Waals surface area contributed by atoms with E-state index >= 15 is 4.39 Å². The Balaban J connectivity index is 1.58. The smallest absolute Gasteiger partial charge is 0.419 e. The highest BCUT2D eigenvalue weighted by molar-refractivity contribution is 5.88. The molecule has 0 atom stereocenters. The Kier molecular flexibility index (Phi) is 7.24. The molecule has 4 rings (SSSR count). The molecule has 0 bridgehead atoms. The summed E-state index contributed by atoms with van der Waals surface area (Å²) in [7, 11) is 0. The molecule has 0 fully saturated rings. The normalized spacial score (nSPS) is 11.8. The van der Waals surface area contributed by atoms with Gasteiger partial charge in [-0.25, -0.2) is 17.6 Å². The standard InChI is InChI=1S/C28H21F7O/c1-2-11-36-20-14-24(30)26(25(31)15-20)19-8-9-21-18(13-19)7-6-17(27(21)32)5-3-16-4-10-22(23(29)12-16)28(33,34)35/h4,6-10,12-15H,2-3,5,11H2,1H3. The maximum atomic E-state index is 15.1. The van der Waals surface area contributed by atoms with Crippen molar-refractivity contribution in [2.75, 3.05) is 6.61 Å². The molecule has 0 saturated heterocycles. The van der Waals surface area contributed by atoms with Gasteiger partial charge in [-0.3, -0.25) is 0 Å². The summed E-state index contributed by atoms with van der Waals surface area (Å²) in [5.74, 6) is -3.46. The molecule has 0 radical (unpaired) electrons. The molecule has 0 aliphatic rings. The number of halogens is 7. The number of rotatable bonds is 7. The Morgan fingerprint density at radius 2 is 1.47 bits per heavy atom. The van der Waals surface area contributed by atoms with Gasteiger partial charge in [0.15, 0.2) is 0 Å². The van der Waals surface area contributed by atoms with Gasteiger partial charge in [0.1, 0.15) is 29.0 Å². The molecule has 4 aromatic rings. The molecule has 0 unspecified atom stereocenters. The molecule has 0 saturated carbocycles. The van der Waals surface area contributed by atoms with Crippen molar-refractivity contribution in [3.05, 3.63) is 101 Å². The molecule has 0 aromatic heterocycles. The average Bonchev–Trinajstić information content (AvgIpc) is 2.81. The van der Waals surface area contributed by atoms with E-state index in [0.29, 0.717) is 30.0 Å².